The van der Waals surface area contributed by atoms with Gasteiger partial charge in [-0.05, 0) is 54.8 Å². The zero-order valence-electron chi connectivity index (χ0n) is 15.7. The number of amides is 3. The average molecular weight is 399 g/mol. The molecule has 1 fully saturated rings. The number of hydrogen-bond acceptors (Lipinski definition) is 3. The Kier molecular flexibility index (Phi) is 6.43. The van der Waals surface area contributed by atoms with E-state index in [0.717, 1.165) is 5.56 Å². The van der Waals surface area contributed by atoms with Gasteiger partial charge in [0.05, 0.1) is 5.92 Å². The van der Waals surface area contributed by atoms with E-state index in [1.807, 2.05) is 0 Å². The summed E-state index contributed by atoms with van der Waals surface area (Å²) in [6, 6.07) is 12.1. The van der Waals surface area contributed by atoms with Gasteiger partial charge >= 0.3 is 12.0 Å². The molecule has 2 aromatic carbocycles. The lowest BCUT2D eigenvalue weighted by Crippen LogP contribution is -2.45. The Morgan fingerprint density at radius 2 is 1.62 bits per heavy atom. The lowest BCUT2D eigenvalue weighted by molar-refractivity contribution is -0.143. The Morgan fingerprint density at radius 1 is 1.00 bits per heavy atom. The average Bonchev–Trinajstić information content (AvgIpc) is 2.74. The van der Waals surface area contributed by atoms with Crippen molar-refractivity contribution in [2.75, 3.05) is 18.4 Å². The van der Waals surface area contributed by atoms with Crippen molar-refractivity contribution in [3.8, 4) is 0 Å². The first-order chi connectivity index (χ1) is 13.9. The Bertz CT molecular complexity index is 876. The fraction of sp³-hybridized carbons (Fsp3) is 0.286. The van der Waals surface area contributed by atoms with Crippen LogP contribution in [0.2, 0.25) is 0 Å². The van der Waals surface area contributed by atoms with E-state index in [1.54, 1.807) is 29.2 Å². The second kappa shape index (κ2) is 9.18. The summed E-state index contributed by atoms with van der Waals surface area (Å²) in [5.41, 5.74) is 1.77. The van der Waals surface area contributed by atoms with Crippen molar-refractivity contribution in [1.82, 2.24) is 10.2 Å². The summed E-state index contributed by atoms with van der Waals surface area (Å²) in [4.78, 5) is 37.0. The molecule has 1 aliphatic rings. The number of hydrogen-bond donors (Lipinski definition) is 3. The number of carboxylic acids is 1. The van der Waals surface area contributed by atoms with Crippen molar-refractivity contribution >= 4 is 23.6 Å². The van der Waals surface area contributed by atoms with E-state index < -0.39 is 5.97 Å². The predicted molar refractivity (Wildman–Crippen MR) is 105 cm³/mol. The van der Waals surface area contributed by atoms with Gasteiger partial charge in [0.2, 0.25) is 0 Å². The van der Waals surface area contributed by atoms with Gasteiger partial charge < -0.3 is 20.6 Å². The highest BCUT2D eigenvalue weighted by Crippen LogP contribution is 2.17. The van der Waals surface area contributed by atoms with Gasteiger partial charge in [-0.15, -0.1) is 0 Å². The van der Waals surface area contributed by atoms with Gasteiger partial charge in [0.1, 0.15) is 5.82 Å². The van der Waals surface area contributed by atoms with Gasteiger partial charge in [-0.1, -0.05) is 12.1 Å². The number of aliphatic carboxylic acids is 1. The molecule has 1 saturated heterocycles. The Morgan fingerprint density at radius 3 is 2.21 bits per heavy atom. The second-order valence-electron chi connectivity index (χ2n) is 6.92. The van der Waals surface area contributed by atoms with Crippen LogP contribution >= 0.6 is 0 Å². The van der Waals surface area contributed by atoms with Crippen molar-refractivity contribution in [2.45, 2.75) is 19.4 Å². The number of benzene rings is 2. The van der Waals surface area contributed by atoms with E-state index >= 15 is 0 Å². The Labute approximate surface area is 167 Å². The normalized spacial score (nSPS) is 14.3. The number of nitrogens with zero attached hydrogens (tertiary/aromatic N) is 1. The van der Waals surface area contributed by atoms with Crippen LogP contribution in [0.25, 0.3) is 0 Å². The Hall–Kier alpha value is -3.42. The van der Waals surface area contributed by atoms with Gasteiger partial charge in [-0.25, -0.2) is 9.18 Å². The Balaban J connectivity index is 1.47. The highest BCUT2D eigenvalue weighted by atomic mass is 19.1. The molecule has 3 rings (SSSR count). The first-order valence-electron chi connectivity index (χ1n) is 9.34. The fourth-order valence-corrected chi connectivity index (χ4v) is 3.13. The van der Waals surface area contributed by atoms with Gasteiger partial charge in [0.15, 0.2) is 0 Å². The number of rotatable bonds is 5. The van der Waals surface area contributed by atoms with Crippen LogP contribution in [0.15, 0.2) is 48.5 Å². The number of nitrogens with one attached hydrogen (secondary N) is 2. The number of carboxylic acid groups (broad SMARTS) is 1. The third-order valence-electron chi connectivity index (χ3n) is 4.89. The number of piperidine rings is 1. The standard InChI is InChI=1S/C21H22FN3O4/c22-17-5-7-18(8-6-17)24-19(26)15-3-1-14(2-4-15)13-23-21(29)25-11-9-16(10-12-25)20(27)28/h1-8,16H,9-13H2,(H,23,29)(H,24,26)(H,27,28). The highest BCUT2D eigenvalue weighted by molar-refractivity contribution is 6.04. The van der Waals surface area contributed by atoms with Crippen LogP contribution in [0, 0.1) is 11.7 Å². The lowest BCUT2D eigenvalue weighted by Gasteiger charge is -2.30. The summed E-state index contributed by atoms with van der Waals surface area (Å²) in [5, 5.41) is 14.5. The molecule has 1 aliphatic heterocycles. The van der Waals surface area contributed by atoms with Crippen LogP contribution in [0.3, 0.4) is 0 Å². The van der Waals surface area contributed by atoms with Crippen LogP contribution in [0.5, 0.6) is 0 Å². The van der Waals surface area contributed by atoms with Crippen molar-refractivity contribution in [3.63, 3.8) is 0 Å². The molecule has 152 valence electrons. The molecule has 0 atom stereocenters. The number of likely N-dealkylation sites (tertiary alicyclic amines) is 1. The van der Waals surface area contributed by atoms with Gasteiger partial charge in [-0.3, -0.25) is 9.59 Å². The van der Waals surface area contributed by atoms with Gasteiger partial charge in [-0.2, -0.15) is 0 Å². The van der Waals surface area contributed by atoms with E-state index in [1.165, 1.54) is 24.3 Å². The smallest absolute Gasteiger partial charge is 0.317 e. The monoisotopic (exact) mass is 399 g/mol. The molecule has 1 heterocycles. The minimum absolute atomic E-state index is 0.230. The van der Waals surface area contributed by atoms with Crippen LogP contribution < -0.4 is 10.6 Å². The molecule has 3 N–H and O–H groups in total. The zero-order valence-corrected chi connectivity index (χ0v) is 15.7. The van der Waals surface area contributed by atoms with E-state index in [0.29, 0.717) is 43.7 Å². The topological polar surface area (TPSA) is 98.7 Å². The first-order valence-corrected chi connectivity index (χ1v) is 9.34. The summed E-state index contributed by atoms with van der Waals surface area (Å²) < 4.78 is 12.9. The predicted octanol–water partition coefficient (Wildman–Crippen LogP) is 3.08. The summed E-state index contributed by atoms with van der Waals surface area (Å²) >= 11 is 0. The maximum Gasteiger partial charge on any atom is 0.317 e. The number of anilines is 1. The third-order valence-corrected chi connectivity index (χ3v) is 4.89. The SMILES string of the molecule is O=C(Nc1ccc(F)cc1)c1ccc(CNC(=O)N2CCC(C(=O)O)CC2)cc1. The molecule has 0 unspecified atom stereocenters. The van der Waals surface area contributed by atoms with Crippen LogP contribution in [-0.4, -0.2) is 41.0 Å². The number of urea groups is 1. The fourth-order valence-electron chi connectivity index (χ4n) is 3.13. The van der Waals surface area contributed by atoms with Crippen molar-refractivity contribution < 1.29 is 23.9 Å². The van der Waals surface area contributed by atoms with Crippen molar-refractivity contribution in [1.29, 1.82) is 0 Å². The molecule has 2 aromatic rings. The highest BCUT2D eigenvalue weighted by Gasteiger charge is 2.26. The van der Waals surface area contributed by atoms with Gasteiger partial charge in [0, 0.05) is 30.9 Å². The zero-order chi connectivity index (χ0) is 20.8. The third kappa shape index (κ3) is 5.54. The molecular formula is C21H22FN3O4. The molecule has 0 radical (unpaired) electrons. The maximum absolute atomic E-state index is 12.9. The lowest BCUT2D eigenvalue weighted by atomic mass is 9.97. The molecule has 7 nitrogen and oxygen atoms in total. The number of carbonyl (C=O) groups excluding carboxylic acids is 2. The van der Waals surface area contributed by atoms with Crippen LogP contribution in [0.4, 0.5) is 14.9 Å². The van der Waals surface area contributed by atoms with E-state index in [2.05, 4.69) is 10.6 Å². The molecule has 0 aliphatic carbocycles. The minimum Gasteiger partial charge on any atom is -0.481 e. The summed E-state index contributed by atoms with van der Waals surface area (Å²) in [6.45, 7) is 1.15. The first kappa shape index (κ1) is 20.3. The number of carbonyl (C=O) groups is 3. The minimum atomic E-state index is -0.811. The molecule has 0 bridgehead atoms. The van der Waals surface area contributed by atoms with E-state index in [9.17, 15) is 18.8 Å². The molecular weight excluding hydrogens is 377 g/mol. The number of halogens is 1. The molecule has 29 heavy (non-hydrogen) atoms. The summed E-state index contributed by atoms with van der Waals surface area (Å²) in [5.74, 6) is -1.88. The van der Waals surface area contributed by atoms with Crippen LogP contribution in [0.1, 0.15) is 28.8 Å². The van der Waals surface area contributed by atoms with E-state index in [4.69, 9.17) is 5.11 Å². The summed E-state index contributed by atoms with van der Waals surface area (Å²) in [6.07, 6.45) is 0.918. The summed E-state index contributed by atoms with van der Waals surface area (Å²) in [7, 11) is 0. The maximum atomic E-state index is 12.9. The molecule has 0 aromatic heterocycles. The van der Waals surface area contributed by atoms with Crippen LogP contribution in [-0.2, 0) is 11.3 Å². The molecule has 8 heteroatoms. The molecule has 0 saturated carbocycles. The largest absolute Gasteiger partial charge is 0.481 e. The molecule has 3 amide bonds. The van der Waals surface area contributed by atoms with Gasteiger partial charge in [0.25, 0.3) is 5.91 Å². The van der Waals surface area contributed by atoms with Crippen molar-refractivity contribution in [3.05, 3.63) is 65.5 Å². The second-order valence-corrected chi connectivity index (χ2v) is 6.92. The quantitative estimate of drug-likeness (QED) is 0.720. The van der Waals surface area contributed by atoms with E-state index in [-0.39, 0.29) is 23.7 Å². The van der Waals surface area contributed by atoms with Crippen molar-refractivity contribution in [2.24, 2.45) is 5.92 Å². The molecule has 0 spiro atoms.